The van der Waals surface area contributed by atoms with E-state index in [9.17, 15) is 4.79 Å². The molecule has 6 heteroatoms. The number of rotatable bonds is 6. The molecule has 126 valence electrons. The van der Waals surface area contributed by atoms with Gasteiger partial charge in [0, 0.05) is 47.7 Å². The van der Waals surface area contributed by atoms with Crippen LogP contribution in [0.2, 0.25) is 5.02 Å². The van der Waals surface area contributed by atoms with Crippen molar-refractivity contribution in [1.82, 2.24) is 0 Å². The normalized spacial score (nSPS) is 22.4. The predicted octanol–water partition coefficient (Wildman–Crippen LogP) is 3.84. The van der Waals surface area contributed by atoms with Crippen LogP contribution in [0.15, 0.2) is 17.0 Å². The molecule has 1 fully saturated rings. The fourth-order valence-corrected chi connectivity index (χ4v) is 4.47. The first-order chi connectivity index (χ1) is 11.0. The maximum Gasteiger partial charge on any atom is 0.165 e. The highest BCUT2D eigenvalue weighted by molar-refractivity contribution is 8.00. The molecule has 2 heterocycles. The summed E-state index contributed by atoms with van der Waals surface area (Å²) < 4.78 is 16.1. The van der Waals surface area contributed by atoms with Gasteiger partial charge in [0.25, 0.3) is 0 Å². The molecule has 23 heavy (non-hydrogen) atoms. The first-order valence-corrected chi connectivity index (χ1v) is 9.02. The second kappa shape index (κ2) is 7.01. The molecule has 0 bridgehead atoms. The van der Waals surface area contributed by atoms with Crippen LogP contribution in [0.25, 0.3) is 0 Å². The quantitative estimate of drug-likeness (QED) is 0.724. The van der Waals surface area contributed by atoms with Gasteiger partial charge in [0.05, 0.1) is 24.8 Å². The van der Waals surface area contributed by atoms with Crippen LogP contribution in [0.4, 0.5) is 0 Å². The number of carbonyl (C=O) groups is 1. The van der Waals surface area contributed by atoms with Gasteiger partial charge in [-0.2, -0.15) is 0 Å². The number of ether oxygens (including phenoxy) is 3. The lowest BCUT2D eigenvalue weighted by atomic mass is 9.81. The van der Waals surface area contributed by atoms with E-state index in [-0.39, 0.29) is 16.4 Å². The minimum Gasteiger partial charge on any atom is -0.492 e. The Morgan fingerprint density at radius 2 is 2.17 bits per heavy atom. The number of fused-ring (bicyclic) bond motifs is 1. The molecule has 4 nitrogen and oxygen atoms in total. The lowest BCUT2D eigenvalue weighted by Crippen LogP contribution is -2.49. The average molecular weight is 357 g/mol. The summed E-state index contributed by atoms with van der Waals surface area (Å²) in [5.74, 6) is 0.794. The predicted molar refractivity (Wildman–Crippen MR) is 91.0 cm³/mol. The van der Waals surface area contributed by atoms with Crippen LogP contribution in [0, 0.1) is 5.41 Å². The van der Waals surface area contributed by atoms with Crippen LogP contribution < -0.4 is 4.74 Å². The van der Waals surface area contributed by atoms with Gasteiger partial charge in [0.2, 0.25) is 0 Å². The van der Waals surface area contributed by atoms with E-state index in [2.05, 4.69) is 6.92 Å². The lowest BCUT2D eigenvalue weighted by Gasteiger charge is -2.45. The molecule has 0 saturated carbocycles. The Bertz CT molecular complexity index is 601. The zero-order valence-electron chi connectivity index (χ0n) is 13.4. The third kappa shape index (κ3) is 3.53. The number of hydrogen-bond donors (Lipinski definition) is 0. The van der Waals surface area contributed by atoms with E-state index in [1.807, 2.05) is 6.07 Å². The van der Waals surface area contributed by atoms with Crippen molar-refractivity contribution in [3.63, 3.8) is 0 Å². The molecule has 0 radical (unpaired) electrons. The minimum absolute atomic E-state index is 0.0805. The average Bonchev–Trinajstić information content (AvgIpc) is 2.50. The van der Waals surface area contributed by atoms with E-state index in [0.717, 1.165) is 24.5 Å². The third-order valence-corrected chi connectivity index (χ3v) is 6.27. The summed E-state index contributed by atoms with van der Waals surface area (Å²) in [6.45, 7) is 4.82. The van der Waals surface area contributed by atoms with Gasteiger partial charge in [0.15, 0.2) is 5.78 Å². The fraction of sp³-hybridized carbons (Fsp3) is 0.588. The molecule has 2 aliphatic rings. The molecule has 1 atom stereocenters. The van der Waals surface area contributed by atoms with Gasteiger partial charge in [-0.05, 0) is 12.1 Å². The van der Waals surface area contributed by atoms with Crippen molar-refractivity contribution >= 4 is 29.1 Å². The van der Waals surface area contributed by atoms with E-state index in [0.29, 0.717) is 36.0 Å². The van der Waals surface area contributed by atoms with Gasteiger partial charge >= 0.3 is 0 Å². The smallest absolute Gasteiger partial charge is 0.165 e. The van der Waals surface area contributed by atoms with Crippen molar-refractivity contribution in [3.05, 3.63) is 22.7 Å². The molecule has 1 unspecified atom stereocenters. The topological polar surface area (TPSA) is 44.8 Å². The number of Topliss-reactive ketones (excluding diaryl/α,β-unsaturated/α-hetero) is 1. The van der Waals surface area contributed by atoms with Crippen LogP contribution in [0.5, 0.6) is 5.75 Å². The fourth-order valence-electron chi connectivity index (χ4n) is 2.82. The zero-order valence-corrected chi connectivity index (χ0v) is 15.0. The molecule has 1 aromatic rings. The van der Waals surface area contributed by atoms with Crippen LogP contribution in [0.3, 0.4) is 0 Å². The van der Waals surface area contributed by atoms with Crippen molar-refractivity contribution in [2.24, 2.45) is 5.41 Å². The summed E-state index contributed by atoms with van der Waals surface area (Å²) in [7, 11) is 1.67. The Kier molecular flexibility index (Phi) is 5.21. The summed E-state index contributed by atoms with van der Waals surface area (Å²) in [6, 6.07) is 3.65. The monoisotopic (exact) mass is 356 g/mol. The summed E-state index contributed by atoms with van der Waals surface area (Å²) in [6.07, 6.45) is 1.34. The molecule has 1 saturated heterocycles. The number of thioether (sulfide) groups is 1. The van der Waals surface area contributed by atoms with Gasteiger partial charge in [-0.25, -0.2) is 0 Å². The van der Waals surface area contributed by atoms with Crippen molar-refractivity contribution in [3.8, 4) is 5.75 Å². The van der Waals surface area contributed by atoms with Gasteiger partial charge in [-0.3, -0.25) is 4.79 Å². The molecule has 3 rings (SSSR count). The molecular weight excluding hydrogens is 336 g/mol. The second-order valence-corrected chi connectivity index (χ2v) is 8.01. The number of ketones is 1. The highest BCUT2D eigenvalue weighted by Gasteiger charge is 2.45. The van der Waals surface area contributed by atoms with Crippen LogP contribution in [-0.4, -0.2) is 44.6 Å². The van der Waals surface area contributed by atoms with Gasteiger partial charge < -0.3 is 14.2 Å². The summed E-state index contributed by atoms with van der Waals surface area (Å²) in [5, 5.41) is 0.741. The van der Waals surface area contributed by atoms with E-state index < -0.39 is 0 Å². The van der Waals surface area contributed by atoms with Crippen molar-refractivity contribution in [1.29, 1.82) is 0 Å². The Balaban J connectivity index is 1.77. The van der Waals surface area contributed by atoms with E-state index >= 15 is 0 Å². The highest BCUT2D eigenvalue weighted by atomic mass is 35.5. The highest BCUT2D eigenvalue weighted by Crippen LogP contribution is 2.48. The van der Waals surface area contributed by atoms with Crippen molar-refractivity contribution in [2.45, 2.75) is 29.9 Å². The van der Waals surface area contributed by atoms with E-state index in [1.165, 1.54) is 0 Å². The maximum atomic E-state index is 12.5. The number of halogens is 1. The minimum atomic E-state index is 0.0805. The number of carbonyl (C=O) groups excluding carboxylic acids is 1. The summed E-state index contributed by atoms with van der Waals surface area (Å²) in [5.41, 5.74) is 0.793. The number of hydrogen-bond acceptors (Lipinski definition) is 5. The zero-order chi connectivity index (χ0) is 16.4. The largest absolute Gasteiger partial charge is 0.492 e. The SMILES string of the molecule is COCCCOc1cc2c(cc1Cl)C(=O)CC(C1(C)COC1)S2. The third-order valence-electron chi connectivity index (χ3n) is 4.37. The summed E-state index contributed by atoms with van der Waals surface area (Å²) in [4.78, 5) is 13.4. The van der Waals surface area contributed by atoms with Crippen molar-refractivity contribution < 1.29 is 19.0 Å². The van der Waals surface area contributed by atoms with E-state index in [4.69, 9.17) is 25.8 Å². The standard InChI is InChI=1S/C17H21ClO4S/c1-17(9-21-10-17)16-7-13(19)11-6-12(18)14(8-15(11)23-16)22-5-3-4-20-2/h6,8,16H,3-5,7,9-10H2,1-2H3. The second-order valence-electron chi connectivity index (χ2n) is 6.35. The van der Waals surface area contributed by atoms with Crippen LogP contribution >= 0.6 is 23.4 Å². The molecule has 0 amide bonds. The van der Waals surface area contributed by atoms with Gasteiger partial charge in [-0.1, -0.05) is 18.5 Å². The molecule has 0 spiro atoms. The van der Waals surface area contributed by atoms with Crippen molar-refractivity contribution in [2.75, 3.05) is 33.5 Å². The molecule has 0 N–H and O–H groups in total. The Labute approximate surface area is 145 Å². The molecule has 1 aromatic carbocycles. The lowest BCUT2D eigenvalue weighted by molar-refractivity contribution is -0.101. The summed E-state index contributed by atoms with van der Waals surface area (Å²) >= 11 is 8.01. The Morgan fingerprint density at radius 1 is 1.39 bits per heavy atom. The van der Waals surface area contributed by atoms with Crippen LogP contribution in [-0.2, 0) is 9.47 Å². The van der Waals surface area contributed by atoms with Crippen LogP contribution in [0.1, 0.15) is 30.1 Å². The maximum absolute atomic E-state index is 12.5. The Morgan fingerprint density at radius 3 is 2.83 bits per heavy atom. The Hall–Kier alpha value is -0.750. The molecule has 2 aliphatic heterocycles. The first-order valence-electron chi connectivity index (χ1n) is 7.76. The van der Waals surface area contributed by atoms with Gasteiger partial charge in [-0.15, -0.1) is 11.8 Å². The first kappa shape index (κ1) is 17.1. The molecule has 0 aromatic heterocycles. The number of benzene rings is 1. The molecule has 0 aliphatic carbocycles. The van der Waals surface area contributed by atoms with E-state index in [1.54, 1.807) is 24.9 Å². The molecular formula is C17H21ClO4S. The number of methoxy groups -OCH3 is 1. The van der Waals surface area contributed by atoms with Gasteiger partial charge in [0.1, 0.15) is 5.75 Å².